The van der Waals surface area contributed by atoms with Gasteiger partial charge in [0.25, 0.3) is 0 Å². The van der Waals surface area contributed by atoms with Crippen molar-refractivity contribution in [3.05, 3.63) is 51.7 Å². The van der Waals surface area contributed by atoms with Crippen LogP contribution in [0.25, 0.3) is 0 Å². The standard InChI is InChI=1S/C14H14N2O2S/c1-10-4-5-13(17)11(7-10)9-15-16-14(18)8-12-3-2-6-19-12/h2-7,9,17H,8H2,1H3,(H,16,18)/b15-9+. The third kappa shape index (κ3) is 3.93. The average Bonchev–Trinajstić information content (AvgIpc) is 2.86. The summed E-state index contributed by atoms with van der Waals surface area (Å²) in [5.74, 6) is -0.0345. The highest BCUT2D eigenvalue weighted by molar-refractivity contribution is 7.10. The number of rotatable bonds is 4. The Morgan fingerprint density at radius 1 is 1.47 bits per heavy atom. The minimum atomic E-state index is -0.175. The molecule has 0 bridgehead atoms. The van der Waals surface area contributed by atoms with E-state index in [4.69, 9.17) is 0 Å². The van der Waals surface area contributed by atoms with E-state index in [2.05, 4.69) is 10.5 Å². The summed E-state index contributed by atoms with van der Waals surface area (Å²) in [6.07, 6.45) is 1.75. The third-order valence-corrected chi connectivity index (χ3v) is 3.37. The monoisotopic (exact) mass is 274 g/mol. The largest absolute Gasteiger partial charge is 0.507 e. The van der Waals surface area contributed by atoms with Gasteiger partial charge in [-0.05, 0) is 30.5 Å². The summed E-state index contributed by atoms with van der Waals surface area (Å²) in [6.45, 7) is 1.92. The molecule has 1 heterocycles. The molecule has 98 valence electrons. The van der Waals surface area contributed by atoms with Crippen LogP contribution in [0.4, 0.5) is 0 Å². The summed E-state index contributed by atoms with van der Waals surface area (Å²) < 4.78 is 0. The lowest BCUT2D eigenvalue weighted by Crippen LogP contribution is -2.19. The van der Waals surface area contributed by atoms with Gasteiger partial charge in [0.1, 0.15) is 5.75 Å². The molecule has 0 aliphatic heterocycles. The lowest BCUT2D eigenvalue weighted by Gasteiger charge is -2.00. The number of carbonyl (C=O) groups excluding carboxylic acids is 1. The van der Waals surface area contributed by atoms with Crippen LogP contribution in [0.2, 0.25) is 0 Å². The molecule has 1 aromatic heterocycles. The number of carbonyl (C=O) groups is 1. The molecule has 0 unspecified atom stereocenters. The van der Waals surface area contributed by atoms with Crippen LogP contribution in [0.3, 0.4) is 0 Å². The maximum Gasteiger partial charge on any atom is 0.245 e. The van der Waals surface area contributed by atoms with Crippen LogP contribution >= 0.6 is 11.3 Å². The molecule has 19 heavy (non-hydrogen) atoms. The first-order valence-corrected chi connectivity index (χ1v) is 6.67. The van der Waals surface area contributed by atoms with Crippen molar-refractivity contribution in [3.63, 3.8) is 0 Å². The molecule has 0 radical (unpaired) electrons. The molecule has 4 nitrogen and oxygen atoms in total. The Balaban J connectivity index is 1.92. The van der Waals surface area contributed by atoms with Crippen molar-refractivity contribution in [2.24, 2.45) is 5.10 Å². The first-order chi connectivity index (χ1) is 9.15. The molecule has 2 N–H and O–H groups in total. The minimum Gasteiger partial charge on any atom is -0.507 e. The van der Waals surface area contributed by atoms with E-state index in [1.165, 1.54) is 17.6 Å². The van der Waals surface area contributed by atoms with Gasteiger partial charge < -0.3 is 5.11 Å². The number of phenolic OH excluding ortho intramolecular Hbond substituents is 1. The van der Waals surface area contributed by atoms with Gasteiger partial charge in [-0.15, -0.1) is 11.3 Å². The maximum absolute atomic E-state index is 11.6. The first kappa shape index (κ1) is 13.3. The zero-order chi connectivity index (χ0) is 13.7. The van der Waals surface area contributed by atoms with E-state index in [1.807, 2.05) is 30.5 Å². The lowest BCUT2D eigenvalue weighted by molar-refractivity contribution is -0.120. The van der Waals surface area contributed by atoms with Crippen molar-refractivity contribution in [3.8, 4) is 5.75 Å². The quantitative estimate of drug-likeness (QED) is 0.664. The van der Waals surface area contributed by atoms with Gasteiger partial charge in [-0.3, -0.25) is 4.79 Å². The highest BCUT2D eigenvalue weighted by atomic mass is 32.1. The van der Waals surface area contributed by atoms with Crippen LogP contribution in [0, 0.1) is 6.92 Å². The van der Waals surface area contributed by atoms with Crippen LogP contribution < -0.4 is 5.43 Å². The van der Waals surface area contributed by atoms with Crippen LogP contribution in [0.15, 0.2) is 40.8 Å². The number of aryl methyl sites for hydroxylation is 1. The topological polar surface area (TPSA) is 61.7 Å². The highest BCUT2D eigenvalue weighted by Gasteiger charge is 2.02. The second-order valence-electron chi connectivity index (χ2n) is 4.11. The number of nitrogens with zero attached hydrogens (tertiary/aromatic N) is 1. The molecule has 0 aliphatic carbocycles. The number of amides is 1. The van der Waals surface area contributed by atoms with Crippen molar-refractivity contribution in [1.29, 1.82) is 0 Å². The van der Waals surface area contributed by atoms with Crippen molar-refractivity contribution in [1.82, 2.24) is 5.43 Å². The number of hydrogen-bond donors (Lipinski definition) is 2. The Kier molecular flexibility index (Phi) is 4.30. The molecule has 1 amide bonds. The molecular formula is C14H14N2O2S. The van der Waals surface area contributed by atoms with E-state index < -0.39 is 0 Å². The number of hydrazone groups is 1. The van der Waals surface area contributed by atoms with Crippen LogP contribution in [-0.2, 0) is 11.2 Å². The second kappa shape index (κ2) is 6.15. The fraction of sp³-hybridized carbons (Fsp3) is 0.143. The summed E-state index contributed by atoms with van der Waals surface area (Å²) in [5.41, 5.74) is 4.04. The van der Waals surface area contributed by atoms with Gasteiger partial charge in [0, 0.05) is 10.4 Å². The third-order valence-electron chi connectivity index (χ3n) is 2.49. The molecule has 0 fully saturated rings. The lowest BCUT2D eigenvalue weighted by atomic mass is 10.1. The van der Waals surface area contributed by atoms with Gasteiger partial charge in [0.2, 0.25) is 5.91 Å². The predicted octanol–water partition coefficient (Wildman–Crippen LogP) is 2.45. The second-order valence-corrected chi connectivity index (χ2v) is 5.14. The SMILES string of the molecule is Cc1ccc(O)c(/C=N/NC(=O)Cc2cccs2)c1. The van der Waals surface area contributed by atoms with E-state index in [0.29, 0.717) is 12.0 Å². The van der Waals surface area contributed by atoms with Gasteiger partial charge in [-0.25, -0.2) is 5.43 Å². The van der Waals surface area contributed by atoms with Crippen LogP contribution in [0.1, 0.15) is 16.0 Å². The fourth-order valence-corrected chi connectivity index (χ4v) is 2.27. The number of benzene rings is 1. The Bertz CT molecular complexity index is 591. The Morgan fingerprint density at radius 2 is 2.32 bits per heavy atom. The van der Waals surface area contributed by atoms with Crippen molar-refractivity contribution in [2.75, 3.05) is 0 Å². The molecule has 5 heteroatoms. The van der Waals surface area contributed by atoms with Gasteiger partial charge >= 0.3 is 0 Å². The smallest absolute Gasteiger partial charge is 0.245 e. The number of thiophene rings is 1. The summed E-state index contributed by atoms with van der Waals surface area (Å²) >= 11 is 1.53. The van der Waals surface area contributed by atoms with Gasteiger partial charge in [-0.2, -0.15) is 5.10 Å². The molecule has 0 aliphatic rings. The Labute approximate surface area is 115 Å². The van der Waals surface area contributed by atoms with Crippen LogP contribution in [-0.4, -0.2) is 17.2 Å². The highest BCUT2D eigenvalue weighted by Crippen LogP contribution is 2.15. The zero-order valence-corrected chi connectivity index (χ0v) is 11.3. The van der Waals surface area contributed by atoms with Crippen LogP contribution in [0.5, 0.6) is 5.75 Å². The molecule has 2 rings (SSSR count). The Hall–Kier alpha value is -2.14. The molecule has 1 aromatic carbocycles. The summed E-state index contributed by atoms with van der Waals surface area (Å²) in [5, 5.41) is 15.4. The van der Waals surface area contributed by atoms with E-state index in [0.717, 1.165) is 10.4 Å². The van der Waals surface area contributed by atoms with Gasteiger partial charge in [0.15, 0.2) is 0 Å². The van der Waals surface area contributed by atoms with Crippen molar-refractivity contribution in [2.45, 2.75) is 13.3 Å². The molecule has 2 aromatic rings. The van der Waals surface area contributed by atoms with E-state index >= 15 is 0 Å². The number of nitrogens with one attached hydrogen (secondary N) is 1. The van der Waals surface area contributed by atoms with E-state index in [-0.39, 0.29) is 11.7 Å². The van der Waals surface area contributed by atoms with E-state index in [9.17, 15) is 9.90 Å². The van der Waals surface area contributed by atoms with Gasteiger partial charge in [0.05, 0.1) is 12.6 Å². The zero-order valence-electron chi connectivity index (χ0n) is 10.5. The predicted molar refractivity (Wildman–Crippen MR) is 76.6 cm³/mol. The molecule has 0 saturated carbocycles. The maximum atomic E-state index is 11.6. The molecule has 0 spiro atoms. The molecular weight excluding hydrogens is 260 g/mol. The summed E-state index contributed by atoms with van der Waals surface area (Å²) in [6, 6.07) is 9.01. The van der Waals surface area contributed by atoms with E-state index in [1.54, 1.807) is 12.1 Å². The van der Waals surface area contributed by atoms with Crippen molar-refractivity contribution < 1.29 is 9.90 Å². The van der Waals surface area contributed by atoms with Crippen molar-refractivity contribution >= 4 is 23.5 Å². The average molecular weight is 274 g/mol. The molecule has 0 atom stereocenters. The molecule has 0 saturated heterocycles. The summed E-state index contributed by atoms with van der Waals surface area (Å²) in [4.78, 5) is 12.6. The minimum absolute atomic E-state index is 0.141. The number of aromatic hydroxyl groups is 1. The fourth-order valence-electron chi connectivity index (χ4n) is 1.56. The summed E-state index contributed by atoms with van der Waals surface area (Å²) in [7, 11) is 0. The first-order valence-electron chi connectivity index (χ1n) is 5.79. The number of phenols is 1. The van der Waals surface area contributed by atoms with Gasteiger partial charge in [-0.1, -0.05) is 17.7 Å². The normalized spacial score (nSPS) is 10.8. The Morgan fingerprint density at radius 3 is 3.05 bits per heavy atom. The number of hydrogen-bond acceptors (Lipinski definition) is 4.